The van der Waals surface area contributed by atoms with Crippen LogP contribution >= 0.6 is 0 Å². The smallest absolute Gasteiger partial charge is 0.0925 e. The molecule has 1 atom stereocenters. The lowest BCUT2D eigenvalue weighted by Crippen LogP contribution is -2.37. The molecule has 0 spiro atoms. The minimum Gasteiger partial charge on any atom is -0.395 e. The van der Waals surface area contributed by atoms with Crippen LogP contribution in [-0.4, -0.2) is 32.6 Å². The molecule has 4 nitrogen and oxygen atoms in total. The predicted octanol–water partition coefficient (Wildman–Crippen LogP) is 2.80. The fraction of sp³-hybridized carbons (Fsp3) is 0.471. The summed E-state index contributed by atoms with van der Waals surface area (Å²) in [7, 11) is 0. The van der Waals surface area contributed by atoms with Crippen LogP contribution in [0.2, 0.25) is 0 Å². The maximum absolute atomic E-state index is 9.67. The van der Waals surface area contributed by atoms with Gasteiger partial charge in [0.25, 0.3) is 0 Å². The maximum atomic E-state index is 9.67. The molecule has 0 aliphatic carbocycles. The highest BCUT2D eigenvalue weighted by Crippen LogP contribution is 2.17. The van der Waals surface area contributed by atoms with Gasteiger partial charge in [0.1, 0.15) is 0 Å². The Morgan fingerprint density at radius 1 is 1.24 bits per heavy atom. The van der Waals surface area contributed by atoms with E-state index in [2.05, 4.69) is 53.0 Å². The van der Waals surface area contributed by atoms with E-state index in [1.54, 1.807) is 6.33 Å². The Labute approximate surface area is 126 Å². The molecule has 114 valence electrons. The number of aromatic nitrogens is 2. The van der Waals surface area contributed by atoms with Crippen molar-refractivity contribution in [3.63, 3.8) is 0 Å². The second-order valence-electron chi connectivity index (χ2n) is 5.55. The molecule has 1 aromatic carbocycles. The van der Waals surface area contributed by atoms with Crippen LogP contribution in [0.5, 0.6) is 0 Å². The number of aryl methyl sites for hydroxylation is 2. The van der Waals surface area contributed by atoms with Crippen LogP contribution in [0.1, 0.15) is 35.9 Å². The molecule has 0 fully saturated rings. The average Bonchev–Trinajstić information content (AvgIpc) is 2.88. The molecule has 21 heavy (non-hydrogen) atoms. The molecule has 0 radical (unpaired) electrons. The van der Waals surface area contributed by atoms with E-state index in [1.165, 1.54) is 11.1 Å². The fourth-order valence-corrected chi connectivity index (χ4v) is 2.56. The van der Waals surface area contributed by atoms with Crippen molar-refractivity contribution in [2.75, 3.05) is 6.61 Å². The van der Waals surface area contributed by atoms with E-state index in [0.717, 1.165) is 30.9 Å². The monoisotopic (exact) mass is 287 g/mol. The predicted molar refractivity (Wildman–Crippen MR) is 84.9 cm³/mol. The fourth-order valence-electron chi connectivity index (χ4n) is 2.56. The van der Waals surface area contributed by atoms with E-state index >= 15 is 0 Å². The Balaban J connectivity index is 2.20. The summed E-state index contributed by atoms with van der Waals surface area (Å²) in [5.41, 5.74) is 4.74. The molecule has 0 amide bonds. The third-order valence-corrected chi connectivity index (χ3v) is 4.12. The number of benzene rings is 1. The van der Waals surface area contributed by atoms with Gasteiger partial charge in [0.15, 0.2) is 0 Å². The van der Waals surface area contributed by atoms with Crippen LogP contribution in [0.4, 0.5) is 0 Å². The van der Waals surface area contributed by atoms with E-state index in [9.17, 15) is 5.11 Å². The molecule has 0 bridgehead atoms. The standard InChI is InChI=1S/C17H25N3O/c1-4-16(11-21)20(10-17-14(3)18-12-19-17)9-15-8-6-5-7-13(15)2/h5-8,12,16,21H,4,9-11H2,1-3H3,(H,18,19)/t16-/m0/s1. The summed E-state index contributed by atoms with van der Waals surface area (Å²) in [6, 6.07) is 8.57. The molecule has 1 aromatic heterocycles. The number of imidazole rings is 1. The summed E-state index contributed by atoms with van der Waals surface area (Å²) in [5.74, 6) is 0. The van der Waals surface area contributed by atoms with Crippen LogP contribution < -0.4 is 0 Å². The number of hydrogen-bond donors (Lipinski definition) is 2. The molecule has 0 aliphatic rings. The highest BCUT2D eigenvalue weighted by atomic mass is 16.3. The van der Waals surface area contributed by atoms with Crippen molar-refractivity contribution < 1.29 is 5.11 Å². The number of aromatic amines is 1. The molecule has 2 N–H and O–H groups in total. The van der Waals surface area contributed by atoms with Gasteiger partial charge in [-0.05, 0) is 31.4 Å². The number of aliphatic hydroxyl groups is 1. The minimum atomic E-state index is 0.153. The number of hydrogen-bond acceptors (Lipinski definition) is 3. The van der Waals surface area contributed by atoms with E-state index in [0.29, 0.717) is 0 Å². The minimum absolute atomic E-state index is 0.153. The van der Waals surface area contributed by atoms with Crippen molar-refractivity contribution >= 4 is 0 Å². The SMILES string of the molecule is CC[C@@H](CO)N(Cc1ccccc1C)Cc1nc[nH]c1C. The van der Waals surface area contributed by atoms with Gasteiger partial charge in [-0.2, -0.15) is 0 Å². The second-order valence-corrected chi connectivity index (χ2v) is 5.55. The number of nitrogens with one attached hydrogen (secondary N) is 1. The number of rotatable bonds is 7. The Kier molecular flexibility index (Phi) is 5.53. The van der Waals surface area contributed by atoms with Crippen molar-refractivity contribution in [3.05, 3.63) is 53.1 Å². The zero-order valence-corrected chi connectivity index (χ0v) is 13.1. The molecule has 0 saturated carbocycles. The molecule has 4 heteroatoms. The lowest BCUT2D eigenvalue weighted by Gasteiger charge is -2.30. The summed E-state index contributed by atoms with van der Waals surface area (Å²) in [6.07, 6.45) is 2.66. The van der Waals surface area contributed by atoms with Gasteiger partial charge in [0.2, 0.25) is 0 Å². The first-order chi connectivity index (χ1) is 10.2. The normalized spacial score (nSPS) is 12.8. The molecule has 2 aromatic rings. The molecule has 2 rings (SSSR count). The average molecular weight is 287 g/mol. The van der Waals surface area contributed by atoms with Crippen molar-refractivity contribution in [2.24, 2.45) is 0 Å². The molecular formula is C17H25N3O. The van der Waals surface area contributed by atoms with E-state index in [-0.39, 0.29) is 12.6 Å². The number of aliphatic hydroxyl groups excluding tert-OH is 1. The Morgan fingerprint density at radius 3 is 2.57 bits per heavy atom. The number of H-pyrrole nitrogens is 1. The van der Waals surface area contributed by atoms with Gasteiger partial charge in [0, 0.05) is 24.8 Å². The second kappa shape index (κ2) is 7.38. The summed E-state index contributed by atoms with van der Waals surface area (Å²) < 4.78 is 0. The molecule has 0 unspecified atom stereocenters. The van der Waals surface area contributed by atoms with Gasteiger partial charge < -0.3 is 10.1 Å². The lowest BCUT2D eigenvalue weighted by atomic mass is 10.1. The van der Waals surface area contributed by atoms with Gasteiger partial charge in [-0.15, -0.1) is 0 Å². The molecule has 0 saturated heterocycles. The van der Waals surface area contributed by atoms with E-state index < -0.39 is 0 Å². The first-order valence-electron chi connectivity index (χ1n) is 7.54. The highest BCUT2D eigenvalue weighted by Gasteiger charge is 2.19. The first-order valence-corrected chi connectivity index (χ1v) is 7.54. The van der Waals surface area contributed by atoms with Gasteiger partial charge in [-0.25, -0.2) is 4.98 Å². The van der Waals surface area contributed by atoms with Gasteiger partial charge in [-0.3, -0.25) is 4.90 Å². The van der Waals surface area contributed by atoms with Crippen molar-refractivity contribution in [1.29, 1.82) is 0 Å². The highest BCUT2D eigenvalue weighted by molar-refractivity contribution is 5.25. The third kappa shape index (κ3) is 3.93. The zero-order chi connectivity index (χ0) is 15.2. The van der Waals surface area contributed by atoms with Crippen LogP contribution in [0, 0.1) is 13.8 Å². The summed E-state index contributed by atoms with van der Waals surface area (Å²) in [4.78, 5) is 9.83. The quantitative estimate of drug-likeness (QED) is 0.823. The Bertz CT molecular complexity index is 561. The first kappa shape index (κ1) is 15.7. The van der Waals surface area contributed by atoms with E-state index in [1.807, 2.05) is 6.92 Å². The van der Waals surface area contributed by atoms with Crippen LogP contribution in [-0.2, 0) is 13.1 Å². The topological polar surface area (TPSA) is 52.1 Å². The van der Waals surface area contributed by atoms with Gasteiger partial charge in [-0.1, -0.05) is 31.2 Å². The van der Waals surface area contributed by atoms with Crippen LogP contribution in [0.15, 0.2) is 30.6 Å². The largest absolute Gasteiger partial charge is 0.395 e. The summed E-state index contributed by atoms with van der Waals surface area (Å²) >= 11 is 0. The number of nitrogens with zero attached hydrogens (tertiary/aromatic N) is 2. The van der Waals surface area contributed by atoms with Gasteiger partial charge >= 0.3 is 0 Å². The van der Waals surface area contributed by atoms with Gasteiger partial charge in [0.05, 0.1) is 18.6 Å². The lowest BCUT2D eigenvalue weighted by molar-refractivity contribution is 0.105. The Hall–Kier alpha value is -1.65. The molecular weight excluding hydrogens is 262 g/mol. The summed E-state index contributed by atoms with van der Waals surface area (Å²) in [5, 5.41) is 9.67. The third-order valence-electron chi connectivity index (χ3n) is 4.12. The molecule has 1 heterocycles. The Morgan fingerprint density at radius 2 is 2.00 bits per heavy atom. The summed E-state index contributed by atoms with van der Waals surface area (Å²) in [6.45, 7) is 8.04. The van der Waals surface area contributed by atoms with Crippen molar-refractivity contribution in [3.8, 4) is 0 Å². The maximum Gasteiger partial charge on any atom is 0.0925 e. The van der Waals surface area contributed by atoms with Crippen LogP contribution in [0.3, 0.4) is 0 Å². The van der Waals surface area contributed by atoms with E-state index in [4.69, 9.17) is 0 Å². The van der Waals surface area contributed by atoms with Crippen molar-refractivity contribution in [1.82, 2.24) is 14.9 Å². The van der Waals surface area contributed by atoms with Crippen LogP contribution in [0.25, 0.3) is 0 Å². The zero-order valence-electron chi connectivity index (χ0n) is 13.1. The van der Waals surface area contributed by atoms with Crippen molar-refractivity contribution in [2.45, 2.75) is 46.3 Å². The molecule has 0 aliphatic heterocycles.